The third kappa shape index (κ3) is 2.70. The SMILES string of the molecule is O=C(c1cnsn1)N(CC1CCCCN1)C1CC1. The fourth-order valence-electron chi connectivity index (χ4n) is 2.51. The van der Waals surface area contributed by atoms with E-state index in [9.17, 15) is 4.79 Å². The number of nitrogens with zero attached hydrogens (tertiary/aromatic N) is 3. The average Bonchev–Trinajstić information content (AvgIpc) is 3.10. The van der Waals surface area contributed by atoms with Gasteiger partial charge in [0.25, 0.3) is 5.91 Å². The van der Waals surface area contributed by atoms with Crippen LogP contribution in [0.2, 0.25) is 0 Å². The molecule has 18 heavy (non-hydrogen) atoms. The van der Waals surface area contributed by atoms with Crippen molar-refractivity contribution in [3.8, 4) is 0 Å². The normalized spacial score (nSPS) is 23.9. The first-order valence-corrected chi connectivity index (χ1v) is 7.39. The highest BCUT2D eigenvalue weighted by Gasteiger charge is 2.35. The summed E-state index contributed by atoms with van der Waals surface area (Å²) in [6.45, 7) is 1.90. The van der Waals surface area contributed by atoms with Gasteiger partial charge >= 0.3 is 0 Å². The van der Waals surface area contributed by atoms with E-state index in [1.807, 2.05) is 4.90 Å². The van der Waals surface area contributed by atoms with Crippen LogP contribution in [0.4, 0.5) is 0 Å². The van der Waals surface area contributed by atoms with E-state index in [2.05, 4.69) is 14.1 Å². The van der Waals surface area contributed by atoms with Gasteiger partial charge in [-0.3, -0.25) is 4.79 Å². The third-order valence-corrected chi connectivity index (χ3v) is 4.14. The molecule has 1 atom stereocenters. The molecule has 0 radical (unpaired) electrons. The van der Waals surface area contributed by atoms with Crippen LogP contribution in [-0.4, -0.2) is 44.7 Å². The highest BCUT2D eigenvalue weighted by molar-refractivity contribution is 6.99. The number of rotatable bonds is 4. The summed E-state index contributed by atoms with van der Waals surface area (Å²) in [4.78, 5) is 14.4. The Hall–Kier alpha value is -1.01. The van der Waals surface area contributed by atoms with Gasteiger partial charge in [-0.1, -0.05) is 6.42 Å². The molecule has 0 spiro atoms. The first-order valence-electron chi connectivity index (χ1n) is 6.66. The fourth-order valence-corrected chi connectivity index (χ4v) is 2.91. The molecule has 98 valence electrons. The van der Waals surface area contributed by atoms with Gasteiger partial charge in [-0.2, -0.15) is 8.75 Å². The average molecular weight is 266 g/mol. The molecule has 1 amide bonds. The van der Waals surface area contributed by atoms with Crippen molar-refractivity contribution in [1.29, 1.82) is 0 Å². The van der Waals surface area contributed by atoms with Gasteiger partial charge in [0.15, 0.2) is 5.69 Å². The van der Waals surface area contributed by atoms with Gasteiger partial charge < -0.3 is 10.2 Å². The van der Waals surface area contributed by atoms with Crippen molar-refractivity contribution in [3.05, 3.63) is 11.9 Å². The first-order chi connectivity index (χ1) is 8.84. The monoisotopic (exact) mass is 266 g/mol. The van der Waals surface area contributed by atoms with Crippen molar-refractivity contribution < 1.29 is 4.79 Å². The molecule has 1 saturated carbocycles. The Morgan fingerprint density at radius 1 is 1.44 bits per heavy atom. The number of amides is 1. The van der Waals surface area contributed by atoms with E-state index in [1.54, 1.807) is 6.20 Å². The maximum Gasteiger partial charge on any atom is 0.275 e. The summed E-state index contributed by atoms with van der Waals surface area (Å²) in [7, 11) is 0. The Labute approximate surface area is 111 Å². The number of nitrogens with one attached hydrogen (secondary N) is 1. The molecule has 1 aromatic heterocycles. The van der Waals surface area contributed by atoms with E-state index >= 15 is 0 Å². The minimum absolute atomic E-state index is 0.0543. The molecular formula is C12H18N4OS. The van der Waals surface area contributed by atoms with Crippen LogP contribution in [0.5, 0.6) is 0 Å². The van der Waals surface area contributed by atoms with Crippen molar-refractivity contribution in [2.75, 3.05) is 13.1 Å². The van der Waals surface area contributed by atoms with Gasteiger partial charge in [-0.15, -0.1) is 0 Å². The maximum atomic E-state index is 12.4. The lowest BCUT2D eigenvalue weighted by molar-refractivity contribution is 0.0713. The van der Waals surface area contributed by atoms with Crippen LogP contribution in [0.3, 0.4) is 0 Å². The Balaban J connectivity index is 1.66. The molecule has 2 aliphatic rings. The van der Waals surface area contributed by atoms with Gasteiger partial charge in [0, 0.05) is 18.6 Å². The highest BCUT2D eigenvalue weighted by atomic mass is 32.1. The number of hydrogen-bond donors (Lipinski definition) is 1. The first kappa shape index (κ1) is 12.0. The molecule has 0 aromatic carbocycles. The van der Waals surface area contributed by atoms with Crippen LogP contribution in [0.25, 0.3) is 0 Å². The zero-order chi connectivity index (χ0) is 12.4. The summed E-state index contributed by atoms with van der Waals surface area (Å²) < 4.78 is 7.98. The molecule has 1 aliphatic heterocycles. The Morgan fingerprint density at radius 2 is 2.33 bits per heavy atom. The third-order valence-electron chi connectivity index (χ3n) is 3.66. The number of carbonyl (C=O) groups excluding carboxylic acids is 1. The molecule has 1 saturated heterocycles. The van der Waals surface area contributed by atoms with Gasteiger partial charge in [0.05, 0.1) is 17.9 Å². The van der Waals surface area contributed by atoms with E-state index in [1.165, 1.54) is 19.3 Å². The van der Waals surface area contributed by atoms with Crippen LogP contribution >= 0.6 is 11.7 Å². The fraction of sp³-hybridized carbons (Fsp3) is 0.750. The second kappa shape index (κ2) is 5.32. The minimum Gasteiger partial charge on any atom is -0.333 e. The standard InChI is InChI=1S/C12H18N4OS/c17-12(11-7-14-18-15-11)16(10-4-5-10)8-9-3-1-2-6-13-9/h7,9-10,13H,1-6,8H2. The second-order valence-corrected chi connectivity index (χ2v) is 5.68. The highest BCUT2D eigenvalue weighted by Crippen LogP contribution is 2.28. The molecule has 1 aliphatic carbocycles. The summed E-state index contributed by atoms with van der Waals surface area (Å²) >= 11 is 1.10. The lowest BCUT2D eigenvalue weighted by Crippen LogP contribution is -2.46. The van der Waals surface area contributed by atoms with Gasteiger partial charge in [-0.25, -0.2) is 0 Å². The van der Waals surface area contributed by atoms with Crippen LogP contribution < -0.4 is 5.32 Å². The van der Waals surface area contributed by atoms with Crippen molar-refractivity contribution in [1.82, 2.24) is 19.0 Å². The van der Waals surface area contributed by atoms with Gasteiger partial charge in [0.1, 0.15) is 0 Å². The Morgan fingerprint density at radius 3 is 2.94 bits per heavy atom. The van der Waals surface area contributed by atoms with Crippen molar-refractivity contribution in [2.45, 2.75) is 44.2 Å². The van der Waals surface area contributed by atoms with Crippen molar-refractivity contribution >= 4 is 17.6 Å². The lowest BCUT2D eigenvalue weighted by atomic mass is 10.0. The second-order valence-electron chi connectivity index (χ2n) is 5.13. The summed E-state index contributed by atoms with van der Waals surface area (Å²) in [5.41, 5.74) is 0.503. The molecule has 5 nitrogen and oxygen atoms in total. The molecule has 3 rings (SSSR count). The molecule has 1 unspecified atom stereocenters. The Bertz CT molecular complexity index is 398. The van der Waals surface area contributed by atoms with E-state index in [4.69, 9.17) is 0 Å². The van der Waals surface area contributed by atoms with E-state index in [0.29, 0.717) is 17.8 Å². The van der Waals surface area contributed by atoms with Crippen LogP contribution in [0, 0.1) is 0 Å². The summed E-state index contributed by atoms with van der Waals surface area (Å²) in [5.74, 6) is 0.0543. The quantitative estimate of drug-likeness (QED) is 0.892. The van der Waals surface area contributed by atoms with Crippen LogP contribution in [-0.2, 0) is 0 Å². The Kier molecular flexibility index (Phi) is 3.56. The zero-order valence-electron chi connectivity index (χ0n) is 10.3. The summed E-state index contributed by atoms with van der Waals surface area (Å²) in [6.07, 6.45) is 7.54. The van der Waals surface area contributed by atoms with Crippen LogP contribution in [0.15, 0.2) is 6.20 Å². The lowest BCUT2D eigenvalue weighted by Gasteiger charge is -2.30. The van der Waals surface area contributed by atoms with Crippen molar-refractivity contribution in [3.63, 3.8) is 0 Å². The smallest absolute Gasteiger partial charge is 0.275 e. The largest absolute Gasteiger partial charge is 0.333 e. The topological polar surface area (TPSA) is 58.1 Å². The van der Waals surface area contributed by atoms with E-state index < -0.39 is 0 Å². The number of hydrogen-bond acceptors (Lipinski definition) is 5. The predicted octanol–water partition coefficient (Wildman–Crippen LogP) is 1.28. The number of piperidine rings is 1. The van der Waals surface area contributed by atoms with Gasteiger partial charge in [0.2, 0.25) is 0 Å². The maximum absolute atomic E-state index is 12.4. The van der Waals surface area contributed by atoms with Crippen molar-refractivity contribution in [2.24, 2.45) is 0 Å². The molecule has 2 heterocycles. The molecule has 0 bridgehead atoms. The number of aromatic nitrogens is 2. The minimum atomic E-state index is 0.0543. The van der Waals surface area contributed by atoms with Gasteiger partial charge in [-0.05, 0) is 32.2 Å². The molecule has 1 aromatic rings. The zero-order valence-corrected chi connectivity index (χ0v) is 11.2. The number of carbonyl (C=O) groups is 1. The molecule has 1 N–H and O–H groups in total. The molecule has 2 fully saturated rings. The molecular weight excluding hydrogens is 248 g/mol. The summed E-state index contributed by atoms with van der Waals surface area (Å²) in [6, 6.07) is 0.887. The van der Waals surface area contributed by atoms with Crippen LogP contribution in [0.1, 0.15) is 42.6 Å². The van der Waals surface area contributed by atoms with E-state index in [0.717, 1.165) is 37.7 Å². The van der Waals surface area contributed by atoms with E-state index in [-0.39, 0.29) is 5.91 Å². The molecule has 6 heteroatoms. The predicted molar refractivity (Wildman–Crippen MR) is 69.6 cm³/mol. The summed E-state index contributed by atoms with van der Waals surface area (Å²) in [5, 5.41) is 3.51.